The minimum absolute atomic E-state index is 0.0379. The number of halogens is 4. The second kappa shape index (κ2) is 6.08. The van der Waals surface area contributed by atoms with Crippen LogP contribution in [0.25, 0.3) is 5.70 Å². The van der Waals surface area contributed by atoms with Crippen LogP contribution >= 0.6 is 27.7 Å². The number of benzene rings is 1. The van der Waals surface area contributed by atoms with E-state index in [2.05, 4.69) is 25.6 Å². The van der Waals surface area contributed by atoms with E-state index in [-0.39, 0.29) is 5.82 Å². The fourth-order valence-corrected chi connectivity index (χ4v) is 3.61. The third-order valence-electron chi connectivity index (χ3n) is 3.31. The van der Waals surface area contributed by atoms with Crippen molar-refractivity contribution in [3.8, 4) is 0 Å². The van der Waals surface area contributed by atoms with E-state index in [9.17, 15) is 18.0 Å². The summed E-state index contributed by atoms with van der Waals surface area (Å²) in [6, 6.07) is 6.54. The van der Waals surface area contributed by atoms with Gasteiger partial charge in [0.1, 0.15) is 6.61 Å². The number of hydrogen-bond donors (Lipinski definition) is 0. The summed E-state index contributed by atoms with van der Waals surface area (Å²) in [5.74, 6) is -0.819. The molecule has 1 aliphatic heterocycles. The van der Waals surface area contributed by atoms with Crippen molar-refractivity contribution in [1.29, 1.82) is 0 Å². The molecule has 0 saturated carbocycles. The molecule has 2 aromatic rings. The minimum Gasteiger partial charge on any atom is -0.343 e. The topological polar surface area (TPSA) is 57.3 Å². The van der Waals surface area contributed by atoms with E-state index in [1.54, 1.807) is 36.6 Å². The lowest BCUT2D eigenvalue weighted by molar-refractivity contribution is -0.188. The molecule has 0 bridgehead atoms. The highest BCUT2D eigenvalue weighted by atomic mass is 79.9. The molecule has 5 nitrogen and oxygen atoms in total. The van der Waals surface area contributed by atoms with Gasteiger partial charge in [-0.15, -0.1) is 0 Å². The summed E-state index contributed by atoms with van der Waals surface area (Å²) in [7, 11) is 0. The fourth-order valence-electron chi connectivity index (χ4n) is 2.27. The lowest BCUT2D eigenvalue weighted by Gasteiger charge is -2.34. The Kier molecular flexibility index (Phi) is 4.39. The van der Waals surface area contributed by atoms with Crippen molar-refractivity contribution in [3.05, 3.63) is 56.1 Å². The van der Waals surface area contributed by atoms with Crippen LogP contribution in [0.5, 0.6) is 0 Å². The van der Waals surface area contributed by atoms with E-state index in [1.165, 1.54) is 0 Å². The highest BCUT2D eigenvalue weighted by Gasteiger charge is 2.47. The van der Waals surface area contributed by atoms with Crippen molar-refractivity contribution in [2.45, 2.75) is 18.0 Å². The van der Waals surface area contributed by atoms with Crippen LogP contribution in [-0.2, 0) is 9.67 Å². The number of allylic oxidation sites excluding steroid dienone is 1. The first-order valence-corrected chi connectivity index (χ1v) is 8.31. The van der Waals surface area contributed by atoms with Gasteiger partial charge in [-0.1, -0.05) is 45.0 Å². The standard InChI is InChI=1S/C14H10BrF3N2O3S/c1-8-6-24-14(22-7-13(16,17)18,9-2-4-10(15)5-3-9)11-19-23-12(21)20(8)11/h2-6H,7H2,1H3. The summed E-state index contributed by atoms with van der Waals surface area (Å²) in [6.07, 6.45) is -4.53. The molecule has 0 N–H and O–H groups in total. The van der Waals surface area contributed by atoms with Crippen LogP contribution in [0, 0.1) is 0 Å². The molecular formula is C14H10BrF3N2O3S. The molecule has 0 fully saturated rings. The molecule has 1 unspecified atom stereocenters. The van der Waals surface area contributed by atoms with E-state index in [0.29, 0.717) is 11.3 Å². The number of ether oxygens (including phenoxy) is 1. The zero-order valence-electron chi connectivity index (χ0n) is 12.1. The predicted octanol–water partition coefficient (Wildman–Crippen LogP) is 3.94. The van der Waals surface area contributed by atoms with Crippen LogP contribution in [0.15, 0.2) is 43.5 Å². The minimum atomic E-state index is -4.53. The SMILES string of the molecule is CC1=CSC(OCC(F)(F)F)(c2ccc(Br)cc2)c2noc(=O)n21. The maximum atomic E-state index is 12.7. The Labute approximate surface area is 146 Å². The third kappa shape index (κ3) is 3.05. The van der Waals surface area contributed by atoms with Gasteiger partial charge in [-0.3, -0.25) is 4.52 Å². The number of nitrogens with zero attached hydrogens (tertiary/aromatic N) is 2. The summed E-state index contributed by atoms with van der Waals surface area (Å²) in [5, 5.41) is 5.22. The van der Waals surface area contributed by atoms with Crippen molar-refractivity contribution < 1.29 is 22.4 Å². The van der Waals surface area contributed by atoms with Gasteiger partial charge in [0.2, 0.25) is 10.8 Å². The molecule has 128 valence electrons. The fraction of sp³-hybridized carbons (Fsp3) is 0.286. The first-order chi connectivity index (χ1) is 11.2. The first-order valence-electron chi connectivity index (χ1n) is 6.64. The van der Waals surface area contributed by atoms with Gasteiger partial charge in [-0.25, -0.2) is 9.36 Å². The van der Waals surface area contributed by atoms with Gasteiger partial charge in [0, 0.05) is 15.7 Å². The highest BCUT2D eigenvalue weighted by molar-refractivity contribution is 9.10. The van der Waals surface area contributed by atoms with Crippen LogP contribution in [0.1, 0.15) is 18.3 Å². The predicted molar refractivity (Wildman–Crippen MR) is 85.2 cm³/mol. The smallest absolute Gasteiger partial charge is 0.343 e. The number of fused-ring (bicyclic) bond motifs is 1. The number of rotatable bonds is 3. The van der Waals surface area contributed by atoms with Crippen LogP contribution in [0.4, 0.5) is 13.2 Å². The zero-order chi connectivity index (χ0) is 17.5. The van der Waals surface area contributed by atoms with Crippen LogP contribution in [0.2, 0.25) is 0 Å². The molecular weight excluding hydrogens is 413 g/mol. The second-order valence-corrected chi connectivity index (χ2v) is 6.97. The number of hydrogen-bond acceptors (Lipinski definition) is 5. The van der Waals surface area contributed by atoms with Crippen molar-refractivity contribution in [2.75, 3.05) is 6.61 Å². The number of thioether (sulfide) groups is 1. The molecule has 0 spiro atoms. The summed E-state index contributed by atoms with van der Waals surface area (Å²) in [6.45, 7) is 0.133. The Balaban J connectivity index is 2.17. The maximum absolute atomic E-state index is 12.7. The summed E-state index contributed by atoms with van der Waals surface area (Å²) < 4.78 is 50.0. The van der Waals surface area contributed by atoms with Gasteiger partial charge in [0.05, 0.1) is 0 Å². The first kappa shape index (κ1) is 17.3. The number of aromatic nitrogens is 2. The molecule has 0 radical (unpaired) electrons. The molecule has 0 aliphatic carbocycles. The van der Waals surface area contributed by atoms with E-state index in [0.717, 1.165) is 20.8 Å². The molecule has 24 heavy (non-hydrogen) atoms. The quantitative estimate of drug-likeness (QED) is 0.749. The molecule has 1 atom stereocenters. The third-order valence-corrected chi connectivity index (χ3v) is 5.17. The molecule has 1 aromatic carbocycles. The normalized spacial score (nSPS) is 20.6. The molecule has 10 heteroatoms. The van der Waals surface area contributed by atoms with Gasteiger partial charge in [-0.05, 0) is 24.5 Å². The van der Waals surface area contributed by atoms with E-state index < -0.39 is 23.5 Å². The van der Waals surface area contributed by atoms with Crippen molar-refractivity contribution in [1.82, 2.24) is 9.72 Å². The zero-order valence-corrected chi connectivity index (χ0v) is 14.5. The van der Waals surface area contributed by atoms with Crippen molar-refractivity contribution in [3.63, 3.8) is 0 Å². The van der Waals surface area contributed by atoms with Crippen molar-refractivity contribution in [2.24, 2.45) is 0 Å². The largest absolute Gasteiger partial charge is 0.446 e. The lowest BCUT2D eigenvalue weighted by atomic mass is 10.1. The molecule has 2 heterocycles. The Morgan fingerprint density at radius 3 is 2.67 bits per heavy atom. The van der Waals surface area contributed by atoms with E-state index >= 15 is 0 Å². The van der Waals surface area contributed by atoms with Gasteiger partial charge in [-0.2, -0.15) is 13.2 Å². The Morgan fingerprint density at radius 1 is 1.38 bits per heavy atom. The molecule has 3 rings (SSSR count). The Morgan fingerprint density at radius 2 is 2.04 bits per heavy atom. The van der Waals surface area contributed by atoms with Gasteiger partial charge < -0.3 is 4.74 Å². The van der Waals surface area contributed by atoms with Crippen molar-refractivity contribution >= 4 is 33.4 Å². The average molecular weight is 423 g/mol. The Hall–Kier alpha value is -1.52. The molecule has 0 amide bonds. The van der Waals surface area contributed by atoms with Crippen LogP contribution < -0.4 is 5.76 Å². The highest BCUT2D eigenvalue weighted by Crippen LogP contribution is 2.48. The van der Waals surface area contributed by atoms with Gasteiger partial charge >= 0.3 is 11.9 Å². The second-order valence-electron chi connectivity index (χ2n) is 5.01. The molecule has 1 aromatic heterocycles. The van der Waals surface area contributed by atoms with E-state index in [1.807, 2.05) is 0 Å². The summed E-state index contributed by atoms with van der Waals surface area (Å²) >= 11 is 4.27. The average Bonchev–Trinajstić information content (AvgIpc) is 2.91. The summed E-state index contributed by atoms with van der Waals surface area (Å²) in [5.41, 5.74) is 0.898. The maximum Gasteiger partial charge on any atom is 0.446 e. The van der Waals surface area contributed by atoms with Crippen LogP contribution in [0.3, 0.4) is 0 Å². The monoisotopic (exact) mass is 422 g/mol. The molecule has 0 saturated heterocycles. The van der Waals surface area contributed by atoms with Gasteiger partial charge in [0.15, 0.2) is 0 Å². The van der Waals surface area contributed by atoms with E-state index in [4.69, 9.17) is 4.74 Å². The lowest BCUT2D eigenvalue weighted by Crippen LogP contribution is -2.37. The summed E-state index contributed by atoms with van der Waals surface area (Å²) in [4.78, 5) is 10.2. The molecule has 1 aliphatic rings. The van der Waals surface area contributed by atoms with Gasteiger partial charge in [0.25, 0.3) is 0 Å². The van der Waals surface area contributed by atoms with Crippen LogP contribution in [-0.4, -0.2) is 22.5 Å². The Bertz CT molecular complexity index is 844. The number of alkyl halides is 3.